The standard InChI is InChI=1S/C17H20BrN3O2S/c1-10(2)21(16(23)13-6-5-7-14(18)8-13)9-15(22)20-17-19-11(3)12(4)24-17/h5-8,10H,9H2,1-4H3,(H,19,20,22). The molecule has 2 rings (SSSR count). The molecule has 0 aliphatic rings. The largest absolute Gasteiger partial charge is 0.327 e. The Kier molecular flexibility index (Phi) is 6.12. The van der Waals surface area contributed by atoms with Crippen LogP contribution in [-0.4, -0.2) is 34.3 Å². The molecule has 0 atom stereocenters. The fourth-order valence-electron chi connectivity index (χ4n) is 2.12. The van der Waals surface area contributed by atoms with Crippen LogP contribution in [0.4, 0.5) is 5.13 Å². The first-order chi connectivity index (χ1) is 11.3. The average Bonchev–Trinajstić information content (AvgIpc) is 2.81. The van der Waals surface area contributed by atoms with E-state index in [1.165, 1.54) is 11.3 Å². The lowest BCUT2D eigenvalue weighted by atomic mass is 10.1. The number of benzene rings is 1. The highest BCUT2D eigenvalue weighted by Crippen LogP contribution is 2.21. The Morgan fingerprint density at radius 2 is 2.04 bits per heavy atom. The summed E-state index contributed by atoms with van der Waals surface area (Å²) in [5.74, 6) is -0.422. The average molecular weight is 410 g/mol. The molecule has 24 heavy (non-hydrogen) atoms. The zero-order chi connectivity index (χ0) is 17.9. The van der Waals surface area contributed by atoms with E-state index in [2.05, 4.69) is 26.2 Å². The first kappa shape index (κ1) is 18.6. The molecule has 0 unspecified atom stereocenters. The van der Waals surface area contributed by atoms with Crippen molar-refractivity contribution >= 4 is 44.2 Å². The van der Waals surface area contributed by atoms with Gasteiger partial charge in [-0.05, 0) is 45.9 Å². The Balaban J connectivity index is 2.10. The predicted octanol–water partition coefficient (Wildman–Crippen LogP) is 4.01. The molecule has 0 fully saturated rings. The molecule has 0 radical (unpaired) electrons. The van der Waals surface area contributed by atoms with E-state index in [1.54, 1.807) is 23.1 Å². The van der Waals surface area contributed by atoms with Crippen molar-refractivity contribution in [1.82, 2.24) is 9.88 Å². The highest BCUT2D eigenvalue weighted by molar-refractivity contribution is 9.10. The molecule has 7 heteroatoms. The molecule has 128 valence electrons. The van der Waals surface area contributed by atoms with Crippen molar-refractivity contribution in [2.75, 3.05) is 11.9 Å². The number of carbonyl (C=O) groups is 2. The van der Waals surface area contributed by atoms with Gasteiger partial charge in [0.15, 0.2) is 5.13 Å². The van der Waals surface area contributed by atoms with E-state index in [-0.39, 0.29) is 24.4 Å². The van der Waals surface area contributed by atoms with Crippen molar-refractivity contribution in [3.63, 3.8) is 0 Å². The van der Waals surface area contributed by atoms with Gasteiger partial charge in [0.1, 0.15) is 6.54 Å². The summed E-state index contributed by atoms with van der Waals surface area (Å²) in [6.07, 6.45) is 0. The maximum atomic E-state index is 12.7. The highest BCUT2D eigenvalue weighted by Gasteiger charge is 2.22. The van der Waals surface area contributed by atoms with Crippen molar-refractivity contribution in [2.24, 2.45) is 0 Å². The topological polar surface area (TPSA) is 62.3 Å². The van der Waals surface area contributed by atoms with Crippen LogP contribution in [0.2, 0.25) is 0 Å². The molecule has 0 aliphatic carbocycles. The van der Waals surface area contributed by atoms with Gasteiger partial charge in [0.25, 0.3) is 5.91 Å². The van der Waals surface area contributed by atoms with Crippen molar-refractivity contribution < 1.29 is 9.59 Å². The SMILES string of the molecule is Cc1nc(NC(=O)CN(C(=O)c2cccc(Br)c2)C(C)C)sc1C. The van der Waals surface area contributed by atoms with Crippen molar-refractivity contribution in [3.05, 3.63) is 44.9 Å². The van der Waals surface area contributed by atoms with Crippen LogP contribution in [0.5, 0.6) is 0 Å². The number of hydrogen-bond acceptors (Lipinski definition) is 4. The molecule has 1 N–H and O–H groups in total. The molecule has 0 aliphatic heterocycles. The molecular formula is C17H20BrN3O2S. The third-order valence-corrected chi connectivity index (χ3v) is 5.03. The van der Waals surface area contributed by atoms with Crippen LogP contribution in [0.3, 0.4) is 0 Å². The molecular weight excluding hydrogens is 390 g/mol. The van der Waals surface area contributed by atoms with Gasteiger partial charge in [0.05, 0.1) is 5.69 Å². The number of rotatable bonds is 5. The van der Waals surface area contributed by atoms with Crippen molar-refractivity contribution in [3.8, 4) is 0 Å². The summed E-state index contributed by atoms with van der Waals surface area (Å²) in [7, 11) is 0. The second-order valence-electron chi connectivity index (χ2n) is 5.75. The number of aryl methyl sites for hydroxylation is 2. The van der Waals surface area contributed by atoms with Crippen molar-refractivity contribution in [2.45, 2.75) is 33.7 Å². The van der Waals surface area contributed by atoms with Gasteiger partial charge in [-0.3, -0.25) is 9.59 Å². The minimum absolute atomic E-state index is 0.0132. The minimum Gasteiger partial charge on any atom is -0.327 e. The Bertz CT molecular complexity index is 739. The van der Waals surface area contributed by atoms with E-state index in [0.29, 0.717) is 10.7 Å². The van der Waals surface area contributed by atoms with Gasteiger partial charge >= 0.3 is 0 Å². The zero-order valence-electron chi connectivity index (χ0n) is 14.1. The Morgan fingerprint density at radius 1 is 1.33 bits per heavy atom. The van der Waals surface area contributed by atoms with E-state index in [1.807, 2.05) is 33.8 Å². The predicted molar refractivity (Wildman–Crippen MR) is 101 cm³/mol. The lowest BCUT2D eigenvalue weighted by Gasteiger charge is -2.26. The minimum atomic E-state index is -0.249. The van der Waals surface area contributed by atoms with Gasteiger partial charge in [-0.2, -0.15) is 0 Å². The van der Waals surface area contributed by atoms with E-state index < -0.39 is 0 Å². The number of aromatic nitrogens is 1. The number of halogens is 1. The molecule has 0 spiro atoms. The molecule has 0 bridgehead atoms. The molecule has 1 aromatic carbocycles. The summed E-state index contributed by atoms with van der Waals surface area (Å²) in [6.45, 7) is 7.63. The molecule has 1 aromatic heterocycles. The second-order valence-corrected chi connectivity index (χ2v) is 7.86. The first-order valence-electron chi connectivity index (χ1n) is 7.58. The Morgan fingerprint density at radius 3 is 2.58 bits per heavy atom. The smallest absolute Gasteiger partial charge is 0.254 e. The first-order valence-corrected chi connectivity index (χ1v) is 9.19. The molecule has 2 amide bonds. The molecule has 0 saturated heterocycles. The van der Waals surface area contributed by atoms with E-state index in [4.69, 9.17) is 0 Å². The Labute approximate surface area is 154 Å². The van der Waals surface area contributed by atoms with Gasteiger partial charge < -0.3 is 10.2 Å². The summed E-state index contributed by atoms with van der Waals surface area (Å²) in [6, 6.07) is 7.06. The number of nitrogens with zero attached hydrogens (tertiary/aromatic N) is 2. The number of nitrogens with one attached hydrogen (secondary N) is 1. The third kappa shape index (κ3) is 4.64. The van der Waals surface area contributed by atoms with Gasteiger partial charge in [0, 0.05) is 21.0 Å². The Hall–Kier alpha value is -1.73. The quantitative estimate of drug-likeness (QED) is 0.810. The fraction of sp³-hybridized carbons (Fsp3) is 0.353. The van der Waals surface area contributed by atoms with Crippen LogP contribution >= 0.6 is 27.3 Å². The molecule has 5 nitrogen and oxygen atoms in total. The zero-order valence-corrected chi connectivity index (χ0v) is 16.5. The summed E-state index contributed by atoms with van der Waals surface area (Å²) in [4.78, 5) is 31.9. The molecule has 0 saturated carbocycles. The summed E-state index contributed by atoms with van der Waals surface area (Å²) in [5, 5.41) is 3.34. The van der Waals surface area contributed by atoms with Crippen LogP contribution in [0.1, 0.15) is 34.8 Å². The molecule has 1 heterocycles. The van der Waals surface area contributed by atoms with E-state index >= 15 is 0 Å². The number of anilines is 1. The summed E-state index contributed by atoms with van der Waals surface area (Å²) >= 11 is 4.80. The third-order valence-electron chi connectivity index (χ3n) is 3.54. The van der Waals surface area contributed by atoms with Crippen LogP contribution in [0.25, 0.3) is 0 Å². The normalized spacial score (nSPS) is 10.8. The monoisotopic (exact) mass is 409 g/mol. The van der Waals surface area contributed by atoms with Gasteiger partial charge in [-0.1, -0.05) is 22.0 Å². The van der Waals surface area contributed by atoms with Crippen LogP contribution in [0.15, 0.2) is 28.7 Å². The fourth-order valence-corrected chi connectivity index (χ4v) is 3.35. The van der Waals surface area contributed by atoms with Gasteiger partial charge in [0.2, 0.25) is 5.91 Å². The second kappa shape index (κ2) is 7.90. The van der Waals surface area contributed by atoms with E-state index in [0.717, 1.165) is 15.0 Å². The summed E-state index contributed by atoms with van der Waals surface area (Å²) in [5.41, 5.74) is 1.45. The molecule has 2 aromatic rings. The maximum absolute atomic E-state index is 12.7. The van der Waals surface area contributed by atoms with Crippen LogP contribution in [0, 0.1) is 13.8 Å². The lowest BCUT2D eigenvalue weighted by molar-refractivity contribution is -0.117. The van der Waals surface area contributed by atoms with E-state index in [9.17, 15) is 9.59 Å². The van der Waals surface area contributed by atoms with Gasteiger partial charge in [-0.25, -0.2) is 4.98 Å². The lowest BCUT2D eigenvalue weighted by Crippen LogP contribution is -2.42. The number of carbonyl (C=O) groups excluding carboxylic acids is 2. The van der Waals surface area contributed by atoms with Crippen LogP contribution in [-0.2, 0) is 4.79 Å². The maximum Gasteiger partial charge on any atom is 0.254 e. The van der Waals surface area contributed by atoms with Crippen molar-refractivity contribution in [1.29, 1.82) is 0 Å². The van der Waals surface area contributed by atoms with Crippen LogP contribution < -0.4 is 5.32 Å². The van der Waals surface area contributed by atoms with Gasteiger partial charge in [-0.15, -0.1) is 11.3 Å². The summed E-state index contributed by atoms with van der Waals surface area (Å²) < 4.78 is 0.829. The highest BCUT2D eigenvalue weighted by atomic mass is 79.9. The number of thiazole rings is 1. The number of hydrogen-bond donors (Lipinski definition) is 1. The number of amides is 2.